The van der Waals surface area contributed by atoms with Crippen LogP contribution in [0.15, 0.2) is 0 Å². The average Bonchev–Trinajstić information content (AvgIpc) is 3.14. The predicted molar refractivity (Wildman–Crippen MR) is 229 cm³/mol. The zero-order valence-corrected chi connectivity index (χ0v) is 36.7. The van der Waals surface area contributed by atoms with Gasteiger partial charge < -0.3 is 19.5 Å². The van der Waals surface area contributed by atoms with Crippen LogP contribution < -0.4 is 0 Å². The molecule has 0 aromatic carbocycles. The van der Waals surface area contributed by atoms with E-state index in [1.54, 1.807) is 0 Å². The third kappa shape index (κ3) is 30.9. The molecule has 0 unspecified atom stereocenters. The van der Waals surface area contributed by atoms with Crippen LogP contribution in [0.3, 0.4) is 0 Å². The van der Waals surface area contributed by atoms with Crippen molar-refractivity contribution in [1.29, 1.82) is 0 Å². The second-order valence-electron chi connectivity index (χ2n) is 16.1. The summed E-state index contributed by atoms with van der Waals surface area (Å²) in [7, 11) is 0. The maximum Gasteiger partial charge on any atom is 0.306 e. The summed E-state index contributed by atoms with van der Waals surface area (Å²) in [5.41, 5.74) is 0. The molecule has 1 aliphatic rings. The number of aliphatic hydroxyl groups is 1. The lowest BCUT2D eigenvalue weighted by molar-refractivity contribution is -0.151. The molecule has 1 fully saturated rings. The van der Waals surface area contributed by atoms with E-state index in [2.05, 4.69) is 41.3 Å². The Kier molecular flexibility index (Phi) is 35.8. The molecule has 0 aromatic rings. The Morgan fingerprint density at radius 1 is 0.596 bits per heavy atom. The number of carbonyl (C=O) groups excluding carboxylic acids is 2. The number of esters is 2. The monoisotopic (exact) mass is 848 g/mol. The first-order chi connectivity index (χ1) is 25.5. The zero-order valence-electron chi connectivity index (χ0n) is 34.5. The number of hydrogen-bond acceptors (Lipinski definition) is 6. The number of carbonyl (C=O) groups is 2. The zero-order chi connectivity index (χ0) is 37.7. The third-order valence-corrected chi connectivity index (χ3v) is 12.0. The number of unbranched alkanes of at least 4 members (excludes halogenated alkanes) is 19. The quantitative estimate of drug-likeness (QED) is 0.0289. The van der Waals surface area contributed by atoms with Gasteiger partial charge >= 0.3 is 11.9 Å². The molecule has 308 valence electrons. The van der Waals surface area contributed by atoms with Crippen LogP contribution >= 0.6 is 22.6 Å². The fourth-order valence-corrected chi connectivity index (χ4v) is 8.41. The molecule has 0 amide bonds. The van der Waals surface area contributed by atoms with Crippen molar-refractivity contribution in [2.75, 3.05) is 30.7 Å². The molecular formula is C45H86INO5. The normalized spacial score (nSPS) is 16.2. The Bertz CT molecular complexity index is 774. The van der Waals surface area contributed by atoms with Gasteiger partial charge in [-0.25, -0.2) is 0 Å². The first-order valence-electron chi connectivity index (χ1n) is 22.8. The van der Waals surface area contributed by atoms with Crippen molar-refractivity contribution >= 4 is 34.5 Å². The van der Waals surface area contributed by atoms with Crippen molar-refractivity contribution < 1.29 is 24.2 Å². The van der Waals surface area contributed by atoms with E-state index in [0.717, 1.165) is 103 Å². The van der Waals surface area contributed by atoms with Gasteiger partial charge in [-0.3, -0.25) is 9.59 Å². The molecule has 7 heteroatoms. The van der Waals surface area contributed by atoms with E-state index in [1.165, 1.54) is 126 Å². The molecule has 0 aromatic heterocycles. The van der Waals surface area contributed by atoms with Gasteiger partial charge in [-0.2, -0.15) is 0 Å². The largest absolute Gasteiger partial charge is 0.462 e. The highest BCUT2D eigenvalue weighted by Crippen LogP contribution is 2.30. The molecule has 52 heavy (non-hydrogen) atoms. The third-order valence-electron chi connectivity index (χ3n) is 11.3. The van der Waals surface area contributed by atoms with Gasteiger partial charge in [-0.05, 0) is 107 Å². The molecule has 0 radical (unpaired) electrons. The fourth-order valence-electron chi connectivity index (χ4n) is 7.87. The Labute approximate surface area is 336 Å². The highest BCUT2D eigenvalue weighted by Gasteiger charge is 2.23. The minimum absolute atomic E-state index is 0.00802. The molecule has 0 bridgehead atoms. The molecular weight excluding hydrogens is 761 g/mol. The lowest BCUT2D eigenvalue weighted by Gasteiger charge is -2.28. The van der Waals surface area contributed by atoms with Gasteiger partial charge in [0.1, 0.15) is 12.2 Å². The van der Waals surface area contributed by atoms with Crippen molar-refractivity contribution in [3.05, 3.63) is 0 Å². The number of halogens is 1. The van der Waals surface area contributed by atoms with Gasteiger partial charge in [0.2, 0.25) is 0 Å². The van der Waals surface area contributed by atoms with E-state index in [1.807, 2.05) is 0 Å². The number of rotatable bonds is 38. The maximum absolute atomic E-state index is 12.7. The summed E-state index contributed by atoms with van der Waals surface area (Å²) < 4.78 is 13.1. The molecule has 0 saturated heterocycles. The van der Waals surface area contributed by atoms with Gasteiger partial charge in [0.25, 0.3) is 0 Å². The Hall–Kier alpha value is -0.410. The van der Waals surface area contributed by atoms with E-state index in [-0.39, 0.29) is 30.8 Å². The van der Waals surface area contributed by atoms with E-state index in [4.69, 9.17) is 9.47 Å². The lowest BCUT2D eigenvalue weighted by Crippen LogP contribution is -2.29. The topological polar surface area (TPSA) is 76.1 Å². The van der Waals surface area contributed by atoms with Crippen LogP contribution in [0.25, 0.3) is 0 Å². The van der Waals surface area contributed by atoms with Gasteiger partial charge in [0.15, 0.2) is 0 Å². The molecule has 1 aliphatic carbocycles. The van der Waals surface area contributed by atoms with Gasteiger partial charge in [-0.15, -0.1) is 0 Å². The number of ether oxygens (including phenoxy) is 2. The first kappa shape index (κ1) is 49.6. The lowest BCUT2D eigenvalue weighted by atomic mass is 9.84. The number of hydrogen-bond donors (Lipinski definition) is 1. The summed E-state index contributed by atoms with van der Waals surface area (Å²) in [6.45, 7) is 7.55. The molecule has 0 spiro atoms. The highest BCUT2D eigenvalue weighted by atomic mass is 127. The van der Waals surface area contributed by atoms with E-state index in [9.17, 15) is 14.7 Å². The predicted octanol–water partition coefficient (Wildman–Crippen LogP) is 13.1. The molecule has 1 rings (SSSR count). The van der Waals surface area contributed by atoms with Crippen LogP contribution in [0.4, 0.5) is 0 Å². The first-order valence-corrected chi connectivity index (χ1v) is 24.3. The molecule has 1 N–H and O–H groups in total. The van der Waals surface area contributed by atoms with Crippen molar-refractivity contribution in [3.8, 4) is 0 Å². The molecule has 0 atom stereocenters. The second-order valence-corrected chi connectivity index (χ2v) is 17.2. The van der Waals surface area contributed by atoms with Crippen LogP contribution in [-0.2, 0) is 19.1 Å². The Morgan fingerprint density at radius 3 is 1.60 bits per heavy atom. The average molecular weight is 848 g/mol. The summed E-state index contributed by atoms with van der Waals surface area (Å²) in [4.78, 5) is 27.5. The number of aliphatic hydroxyl groups excluding tert-OH is 1. The van der Waals surface area contributed by atoms with Crippen LogP contribution in [0, 0.1) is 5.92 Å². The maximum atomic E-state index is 12.7. The van der Waals surface area contributed by atoms with E-state index in [0.29, 0.717) is 12.8 Å². The fraction of sp³-hybridized carbons (Fsp3) is 0.956. The minimum atomic E-state index is 0.00802. The summed E-state index contributed by atoms with van der Waals surface area (Å²) in [6, 6.07) is 0. The van der Waals surface area contributed by atoms with Crippen molar-refractivity contribution in [2.24, 2.45) is 5.92 Å². The molecule has 0 heterocycles. The Balaban J connectivity index is 2.09. The van der Waals surface area contributed by atoms with Crippen molar-refractivity contribution in [2.45, 2.75) is 238 Å². The summed E-state index contributed by atoms with van der Waals surface area (Å²) in [6.07, 6.45) is 38.4. The molecule has 0 aliphatic heterocycles. The standard InChI is InChI=1S/C45H86INO5/c1-3-5-7-9-13-19-28-42(29-20-14-10-8-6-4-2)51-44(49)30-21-15-11-17-25-37-47(39-40-48)38-26-18-12-16-22-31-45(50)52-43-34-32-41(33-35-43)27-23-24-36-46/h41-43,48H,3-40H2,1-2H3. The molecule has 1 saturated carbocycles. The van der Waals surface area contributed by atoms with Crippen LogP contribution in [-0.4, -0.2) is 64.8 Å². The van der Waals surface area contributed by atoms with Gasteiger partial charge in [0, 0.05) is 19.4 Å². The second kappa shape index (κ2) is 37.5. The smallest absolute Gasteiger partial charge is 0.306 e. The van der Waals surface area contributed by atoms with Gasteiger partial charge in [-0.1, -0.05) is 152 Å². The number of alkyl halides is 1. The SMILES string of the molecule is CCCCCCCCC(CCCCCCCC)OC(=O)CCCCCCCN(CCO)CCCCCCCC(=O)OC1CCC(CCCCI)CC1. The molecule has 6 nitrogen and oxygen atoms in total. The summed E-state index contributed by atoms with van der Waals surface area (Å²) in [5, 5.41) is 9.58. The summed E-state index contributed by atoms with van der Waals surface area (Å²) >= 11 is 2.47. The van der Waals surface area contributed by atoms with E-state index < -0.39 is 0 Å². The highest BCUT2D eigenvalue weighted by molar-refractivity contribution is 14.1. The van der Waals surface area contributed by atoms with Crippen LogP contribution in [0.1, 0.15) is 226 Å². The Morgan fingerprint density at radius 2 is 1.08 bits per heavy atom. The van der Waals surface area contributed by atoms with E-state index >= 15 is 0 Å². The van der Waals surface area contributed by atoms with Crippen molar-refractivity contribution in [3.63, 3.8) is 0 Å². The van der Waals surface area contributed by atoms with Gasteiger partial charge in [0.05, 0.1) is 6.61 Å². The number of nitrogens with zero attached hydrogens (tertiary/aromatic N) is 1. The van der Waals surface area contributed by atoms with Crippen molar-refractivity contribution in [1.82, 2.24) is 4.90 Å². The van der Waals surface area contributed by atoms with Crippen LogP contribution in [0.2, 0.25) is 0 Å². The minimum Gasteiger partial charge on any atom is -0.462 e. The summed E-state index contributed by atoms with van der Waals surface area (Å²) in [5.74, 6) is 0.868. The van der Waals surface area contributed by atoms with Crippen LogP contribution in [0.5, 0.6) is 0 Å².